The van der Waals surface area contributed by atoms with Gasteiger partial charge in [-0.15, -0.1) is 0 Å². The highest BCUT2D eigenvalue weighted by Gasteiger charge is 2.38. The molecule has 7 nitrogen and oxygen atoms in total. The molecule has 1 fully saturated rings. The summed E-state index contributed by atoms with van der Waals surface area (Å²) in [6, 6.07) is 8.47. The number of carbonyl (C=O) groups excluding carboxylic acids is 1. The Bertz CT molecular complexity index is 491. The van der Waals surface area contributed by atoms with Gasteiger partial charge in [0.25, 0.3) is 0 Å². The number of nitrogens with zero attached hydrogens (tertiary/aromatic N) is 1. The normalized spacial score (nSPS) is 21.3. The smallest absolute Gasteiger partial charge is 0.412 e. The molecule has 2 atom stereocenters. The minimum atomic E-state index is -1.19. The molecule has 1 aliphatic heterocycles. The second-order valence-electron chi connectivity index (χ2n) is 4.70. The predicted molar refractivity (Wildman–Crippen MR) is 71.1 cm³/mol. The number of hydrogen-bond donors (Lipinski definition) is 2. The van der Waals surface area contributed by atoms with Crippen molar-refractivity contribution in [2.24, 2.45) is 0 Å². The Balaban J connectivity index is 1.89. The topological polar surface area (TPSA) is 96.3 Å². The third-order valence-corrected chi connectivity index (χ3v) is 3.21. The van der Waals surface area contributed by atoms with E-state index in [4.69, 9.17) is 14.6 Å². The lowest BCUT2D eigenvalue weighted by Gasteiger charge is -2.22. The maximum atomic E-state index is 12.0. The number of benzene rings is 1. The first-order chi connectivity index (χ1) is 10.1. The van der Waals surface area contributed by atoms with E-state index in [0.29, 0.717) is 0 Å². The first-order valence-electron chi connectivity index (χ1n) is 6.56. The summed E-state index contributed by atoms with van der Waals surface area (Å²) in [4.78, 5) is 23.8. The van der Waals surface area contributed by atoms with E-state index in [1.165, 1.54) is 4.90 Å². The number of aliphatic hydroxyl groups is 1. The van der Waals surface area contributed by atoms with Gasteiger partial charge >= 0.3 is 12.1 Å². The van der Waals surface area contributed by atoms with Crippen LogP contribution in [0.1, 0.15) is 18.4 Å². The van der Waals surface area contributed by atoms with Crippen LogP contribution in [0.25, 0.3) is 0 Å². The molecule has 1 aliphatic rings. The molecule has 1 heterocycles. The zero-order valence-electron chi connectivity index (χ0n) is 11.3. The molecule has 0 aromatic heterocycles. The van der Waals surface area contributed by atoms with E-state index in [-0.39, 0.29) is 26.2 Å². The number of carbonyl (C=O) groups is 2. The molecular formula is C14H17NO6. The van der Waals surface area contributed by atoms with Crippen LogP contribution < -0.4 is 0 Å². The fraction of sp³-hybridized carbons (Fsp3) is 0.429. The van der Waals surface area contributed by atoms with E-state index in [9.17, 15) is 14.7 Å². The van der Waals surface area contributed by atoms with Gasteiger partial charge in [0.15, 0.2) is 6.29 Å². The highest BCUT2D eigenvalue weighted by Crippen LogP contribution is 2.21. The summed E-state index contributed by atoms with van der Waals surface area (Å²) in [7, 11) is 0. The first kappa shape index (κ1) is 15.3. The highest BCUT2D eigenvalue weighted by atomic mass is 16.6. The van der Waals surface area contributed by atoms with Crippen LogP contribution in [0.2, 0.25) is 0 Å². The summed E-state index contributed by atoms with van der Waals surface area (Å²) in [5.74, 6) is -0.994. The first-order valence-corrected chi connectivity index (χ1v) is 6.56. The molecule has 7 heteroatoms. The third kappa shape index (κ3) is 4.17. The van der Waals surface area contributed by atoms with Crippen LogP contribution in [0.15, 0.2) is 30.3 Å². The van der Waals surface area contributed by atoms with Crippen LogP contribution in [0.3, 0.4) is 0 Å². The standard InChI is InChI=1S/C14H17NO6/c16-12(17)7-6-11-13(18)21-9-15(11)14(19)20-8-10-4-2-1-3-5-10/h1-5,11,13,18H,6-9H2,(H,16,17)/t11-,13?/m0/s1. The van der Waals surface area contributed by atoms with Crippen molar-refractivity contribution in [3.63, 3.8) is 0 Å². The molecule has 1 unspecified atom stereocenters. The molecule has 1 amide bonds. The van der Waals surface area contributed by atoms with E-state index >= 15 is 0 Å². The van der Waals surface area contributed by atoms with Gasteiger partial charge in [-0.2, -0.15) is 0 Å². The molecule has 2 rings (SSSR count). The second-order valence-corrected chi connectivity index (χ2v) is 4.70. The van der Waals surface area contributed by atoms with Crippen molar-refractivity contribution >= 4 is 12.1 Å². The van der Waals surface area contributed by atoms with Crippen molar-refractivity contribution in [3.05, 3.63) is 35.9 Å². The van der Waals surface area contributed by atoms with Crippen molar-refractivity contribution in [2.75, 3.05) is 6.73 Å². The lowest BCUT2D eigenvalue weighted by Crippen LogP contribution is -2.40. The maximum Gasteiger partial charge on any atom is 0.412 e. The molecule has 2 N–H and O–H groups in total. The van der Waals surface area contributed by atoms with Crippen LogP contribution in [-0.2, 0) is 20.9 Å². The average molecular weight is 295 g/mol. The Hall–Kier alpha value is -2.12. The summed E-state index contributed by atoms with van der Waals surface area (Å²) in [6.07, 6.45) is -1.87. The largest absolute Gasteiger partial charge is 0.481 e. The summed E-state index contributed by atoms with van der Waals surface area (Å²) in [5.41, 5.74) is 0.841. The molecular weight excluding hydrogens is 278 g/mol. The Kier molecular flexibility index (Phi) is 5.13. The monoisotopic (exact) mass is 295 g/mol. The van der Waals surface area contributed by atoms with Gasteiger partial charge in [-0.3, -0.25) is 9.69 Å². The number of ether oxygens (including phenoxy) is 2. The fourth-order valence-electron chi connectivity index (χ4n) is 2.08. The Morgan fingerprint density at radius 2 is 2.05 bits per heavy atom. The van der Waals surface area contributed by atoms with E-state index < -0.39 is 24.4 Å². The molecule has 1 saturated heterocycles. The van der Waals surface area contributed by atoms with Gasteiger partial charge in [-0.05, 0) is 12.0 Å². The molecule has 0 radical (unpaired) electrons. The van der Waals surface area contributed by atoms with Gasteiger partial charge < -0.3 is 19.7 Å². The van der Waals surface area contributed by atoms with Gasteiger partial charge in [0.1, 0.15) is 13.3 Å². The van der Waals surface area contributed by atoms with Crippen molar-refractivity contribution in [1.29, 1.82) is 0 Å². The van der Waals surface area contributed by atoms with Crippen LogP contribution in [-0.4, -0.2) is 46.2 Å². The molecule has 21 heavy (non-hydrogen) atoms. The third-order valence-electron chi connectivity index (χ3n) is 3.21. The number of aliphatic carboxylic acids is 1. The van der Waals surface area contributed by atoms with Gasteiger partial charge in [-0.1, -0.05) is 30.3 Å². The minimum Gasteiger partial charge on any atom is -0.481 e. The van der Waals surface area contributed by atoms with Gasteiger partial charge in [0.2, 0.25) is 0 Å². The summed E-state index contributed by atoms with van der Waals surface area (Å²) < 4.78 is 10.1. The molecule has 0 spiro atoms. The lowest BCUT2D eigenvalue weighted by atomic mass is 10.1. The Labute approximate surface area is 121 Å². The van der Waals surface area contributed by atoms with Crippen LogP contribution in [0.4, 0.5) is 4.79 Å². The van der Waals surface area contributed by atoms with Crippen molar-refractivity contribution in [3.8, 4) is 0 Å². The zero-order valence-corrected chi connectivity index (χ0v) is 11.3. The molecule has 114 valence electrons. The van der Waals surface area contributed by atoms with Crippen molar-refractivity contribution < 1.29 is 29.3 Å². The van der Waals surface area contributed by atoms with Crippen LogP contribution in [0, 0.1) is 0 Å². The lowest BCUT2D eigenvalue weighted by molar-refractivity contribution is -0.137. The summed E-state index contributed by atoms with van der Waals surface area (Å²) >= 11 is 0. The maximum absolute atomic E-state index is 12.0. The number of amides is 1. The molecule has 1 aromatic rings. The number of rotatable bonds is 5. The quantitative estimate of drug-likeness (QED) is 0.846. The number of hydrogen-bond acceptors (Lipinski definition) is 5. The number of carboxylic acid groups (broad SMARTS) is 1. The van der Waals surface area contributed by atoms with Crippen molar-refractivity contribution in [1.82, 2.24) is 4.90 Å². The SMILES string of the molecule is O=C(O)CC[C@H]1C(O)OCN1C(=O)OCc1ccccc1. The molecule has 0 bridgehead atoms. The Morgan fingerprint density at radius 3 is 2.71 bits per heavy atom. The fourth-order valence-corrected chi connectivity index (χ4v) is 2.08. The predicted octanol–water partition coefficient (Wildman–Crippen LogP) is 1.16. The van der Waals surface area contributed by atoms with E-state index in [0.717, 1.165) is 5.56 Å². The molecule has 1 aromatic carbocycles. The Morgan fingerprint density at radius 1 is 1.33 bits per heavy atom. The minimum absolute atomic E-state index is 0.108. The zero-order chi connectivity index (χ0) is 15.2. The van der Waals surface area contributed by atoms with E-state index in [1.54, 1.807) is 0 Å². The van der Waals surface area contributed by atoms with Crippen molar-refractivity contribution in [2.45, 2.75) is 31.8 Å². The van der Waals surface area contributed by atoms with Gasteiger partial charge in [-0.25, -0.2) is 4.79 Å². The number of carboxylic acids is 1. The summed E-state index contributed by atoms with van der Waals surface area (Å²) in [6.45, 7) is -0.00298. The van der Waals surface area contributed by atoms with E-state index in [2.05, 4.69) is 0 Å². The van der Waals surface area contributed by atoms with E-state index in [1.807, 2.05) is 30.3 Å². The average Bonchev–Trinajstić information content (AvgIpc) is 2.85. The van der Waals surface area contributed by atoms with Crippen LogP contribution in [0.5, 0.6) is 0 Å². The summed E-state index contributed by atoms with van der Waals surface area (Å²) in [5, 5.41) is 18.3. The second kappa shape index (κ2) is 7.05. The molecule has 0 saturated carbocycles. The highest BCUT2D eigenvalue weighted by molar-refractivity contribution is 5.69. The number of aliphatic hydroxyl groups excluding tert-OH is 1. The van der Waals surface area contributed by atoms with Crippen LogP contribution >= 0.6 is 0 Å². The van der Waals surface area contributed by atoms with Gasteiger partial charge in [0.05, 0.1) is 6.04 Å². The van der Waals surface area contributed by atoms with Gasteiger partial charge in [0, 0.05) is 6.42 Å². The molecule has 0 aliphatic carbocycles.